The van der Waals surface area contributed by atoms with E-state index in [1.165, 1.54) is 17.2 Å². The number of carbonyl (C=O) groups is 1. The lowest BCUT2D eigenvalue weighted by atomic mass is 10.2. The Morgan fingerprint density at radius 1 is 1.33 bits per heavy atom. The molecule has 0 saturated carbocycles. The third kappa shape index (κ3) is 4.50. The first-order valence-electron chi connectivity index (χ1n) is 5.46. The Balaban J connectivity index is 2.70. The molecular formula is C12H16N2O4. The monoisotopic (exact) mass is 252 g/mol. The molecule has 0 aliphatic carbocycles. The van der Waals surface area contributed by atoms with Crippen molar-refractivity contribution in [3.63, 3.8) is 0 Å². The average Bonchev–Trinajstić information content (AvgIpc) is 2.27. The zero-order valence-electron chi connectivity index (χ0n) is 10.6. The SMILES string of the molecule is CC(C)(C)ON(C=O)Cc1ccc([N+](=O)[O-])cc1. The lowest BCUT2D eigenvalue weighted by Gasteiger charge is -2.26. The van der Waals surface area contributed by atoms with E-state index < -0.39 is 10.5 Å². The summed E-state index contributed by atoms with van der Waals surface area (Å²) in [6.07, 6.45) is 0.590. The lowest BCUT2D eigenvalue weighted by Crippen LogP contribution is -2.32. The zero-order chi connectivity index (χ0) is 13.8. The number of rotatable bonds is 5. The molecule has 0 radical (unpaired) electrons. The van der Waals surface area contributed by atoms with Crippen molar-refractivity contribution in [2.45, 2.75) is 32.9 Å². The van der Waals surface area contributed by atoms with Crippen molar-refractivity contribution >= 4 is 12.1 Å². The summed E-state index contributed by atoms with van der Waals surface area (Å²) in [5.74, 6) is 0. The Hall–Kier alpha value is -1.95. The topological polar surface area (TPSA) is 72.7 Å². The minimum atomic E-state index is -0.471. The maximum atomic E-state index is 10.9. The molecule has 0 unspecified atom stereocenters. The Morgan fingerprint density at radius 2 is 1.89 bits per heavy atom. The van der Waals surface area contributed by atoms with E-state index in [9.17, 15) is 14.9 Å². The van der Waals surface area contributed by atoms with Gasteiger partial charge in [0.15, 0.2) is 0 Å². The molecule has 0 atom stereocenters. The maximum absolute atomic E-state index is 10.9. The van der Waals surface area contributed by atoms with Crippen molar-refractivity contribution in [3.05, 3.63) is 39.9 Å². The van der Waals surface area contributed by atoms with Crippen LogP contribution >= 0.6 is 0 Å². The second-order valence-corrected chi connectivity index (χ2v) is 4.81. The number of benzene rings is 1. The van der Waals surface area contributed by atoms with Gasteiger partial charge >= 0.3 is 0 Å². The van der Waals surface area contributed by atoms with Crippen LogP contribution < -0.4 is 0 Å². The van der Waals surface area contributed by atoms with E-state index in [1.54, 1.807) is 12.1 Å². The molecule has 1 aromatic carbocycles. The second-order valence-electron chi connectivity index (χ2n) is 4.81. The molecule has 1 rings (SSSR count). The largest absolute Gasteiger partial charge is 0.276 e. The van der Waals surface area contributed by atoms with E-state index in [2.05, 4.69) is 0 Å². The van der Waals surface area contributed by atoms with Gasteiger partial charge < -0.3 is 0 Å². The molecule has 1 amide bonds. The first kappa shape index (κ1) is 14.1. The molecule has 0 N–H and O–H groups in total. The number of non-ortho nitro benzene ring substituents is 1. The average molecular weight is 252 g/mol. The summed E-state index contributed by atoms with van der Waals surface area (Å²) in [6, 6.07) is 5.99. The van der Waals surface area contributed by atoms with Crippen molar-refractivity contribution in [3.8, 4) is 0 Å². The van der Waals surface area contributed by atoms with Gasteiger partial charge in [0, 0.05) is 12.1 Å². The van der Waals surface area contributed by atoms with Gasteiger partial charge in [-0.25, -0.2) is 5.06 Å². The minimum Gasteiger partial charge on any atom is -0.276 e. The van der Waals surface area contributed by atoms with Crippen molar-refractivity contribution in [2.75, 3.05) is 0 Å². The Labute approximate surface area is 105 Å². The molecule has 0 spiro atoms. The molecule has 6 nitrogen and oxygen atoms in total. The van der Waals surface area contributed by atoms with Crippen LogP contribution in [0.5, 0.6) is 0 Å². The molecule has 0 saturated heterocycles. The van der Waals surface area contributed by atoms with Crippen molar-refractivity contribution < 1.29 is 14.6 Å². The molecule has 0 fully saturated rings. The predicted molar refractivity (Wildman–Crippen MR) is 65.5 cm³/mol. The summed E-state index contributed by atoms with van der Waals surface area (Å²) in [5.41, 5.74) is 0.312. The second kappa shape index (κ2) is 5.59. The summed E-state index contributed by atoms with van der Waals surface area (Å²) < 4.78 is 0. The first-order valence-corrected chi connectivity index (χ1v) is 5.46. The number of amides is 1. The number of carbonyl (C=O) groups excluding carboxylic acids is 1. The van der Waals surface area contributed by atoms with E-state index in [-0.39, 0.29) is 12.2 Å². The minimum absolute atomic E-state index is 0.0214. The summed E-state index contributed by atoms with van der Waals surface area (Å²) in [6.45, 7) is 5.75. The molecule has 0 aromatic heterocycles. The van der Waals surface area contributed by atoms with Gasteiger partial charge in [0.25, 0.3) is 5.69 Å². The smallest absolute Gasteiger partial charge is 0.269 e. The highest BCUT2D eigenvalue weighted by Crippen LogP contribution is 2.15. The third-order valence-electron chi connectivity index (χ3n) is 1.99. The lowest BCUT2D eigenvalue weighted by molar-refractivity contribution is -0.384. The van der Waals surface area contributed by atoms with Gasteiger partial charge in [0.05, 0.1) is 17.1 Å². The molecular weight excluding hydrogens is 236 g/mol. The summed E-state index contributed by atoms with van der Waals surface area (Å²) in [4.78, 5) is 26.3. The van der Waals surface area contributed by atoms with Crippen LogP contribution in [0.1, 0.15) is 26.3 Å². The number of nitrogens with zero attached hydrogens (tertiary/aromatic N) is 2. The number of hydrogen-bond acceptors (Lipinski definition) is 4. The van der Waals surface area contributed by atoms with Gasteiger partial charge in [-0.15, -0.1) is 0 Å². The van der Waals surface area contributed by atoms with E-state index in [1.807, 2.05) is 20.8 Å². The molecule has 0 heterocycles. The fraction of sp³-hybridized carbons (Fsp3) is 0.417. The number of hydroxylamine groups is 2. The zero-order valence-corrected chi connectivity index (χ0v) is 10.6. The van der Waals surface area contributed by atoms with Crippen LogP contribution in [0.4, 0.5) is 5.69 Å². The highest BCUT2D eigenvalue weighted by molar-refractivity contribution is 5.45. The fourth-order valence-electron chi connectivity index (χ4n) is 1.35. The van der Waals surface area contributed by atoms with E-state index >= 15 is 0 Å². The molecule has 98 valence electrons. The van der Waals surface area contributed by atoms with E-state index in [0.717, 1.165) is 5.56 Å². The van der Waals surface area contributed by atoms with E-state index in [0.29, 0.717) is 6.41 Å². The number of hydrogen-bond donors (Lipinski definition) is 0. The summed E-state index contributed by atoms with van der Waals surface area (Å²) in [7, 11) is 0. The van der Waals surface area contributed by atoms with Gasteiger partial charge in [-0.05, 0) is 26.3 Å². The summed E-state index contributed by atoms with van der Waals surface area (Å²) in [5, 5.41) is 11.7. The Kier molecular flexibility index (Phi) is 4.38. The quantitative estimate of drug-likeness (QED) is 0.458. The van der Waals surface area contributed by atoms with Crippen LogP contribution in [0.3, 0.4) is 0 Å². The predicted octanol–water partition coefficient (Wildman–Crippen LogP) is 2.28. The van der Waals surface area contributed by atoms with Crippen molar-refractivity contribution in [2.24, 2.45) is 0 Å². The molecule has 18 heavy (non-hydrogen) atoms. The summed E-state index contributed by atoms with van der Waals surface area (Å²) >= 11 is 0. The highest BCUT2D eigenvalue weighted by atomic mass is 16.7. The van der Waals surface area contributed by atoms with Gasteiger partial charge in [-0.2, -0.15) is 0 Å². The van der Waals surface area contributed by atoms with Crippen molar-refractivity contribution in [1.29, 1.82) is 0 Å². The third-order valence-corrected chi connectivity index (χ3v) is 1.99. The standard InChI is InChI=1S/C12H16N2O4/c1-12(2,3)18-13(9-15)8-10-4-6-11(7-5-10)14(16)17/h4-7,9H,8H2,1-3H3. The molecule has 1 aromatic rings. The molecule has 0 bridgehead atoms. The van der Waals surface area contributed by atoms with Gasteiger partial charge in [0.2, 0.25) is 6.41 Å². The Morgan fingerprint density at radius 3 is 2.28 bits per heavy atom. The highest BCUT2D eigenvalue weighted by Gasteiger charge is 2.16. The van der Waals surface area contributed by atoms with Gasteiger partial charge in [-0.3, -0.25) is 19.7 Å². The molecule has 0 aliphatic rings. The number of nitro benzene ring substituents is 1. The van der Waals surface area contributed by atoms with Crippen LogP contribution in [-0.2, 0) is 16.2 Å². The Bertz CT molecular complexity index is 423. The van der Waals surface area contributed by atoms with Crippen LogP contribution in [0, 0.1) is 10.1 Å². The fourth-order valence-corrected chi connectivity index (χ4v) is 1.35. The van der Waals surface area contributed by atoms with Crippen molar-refractivity contribution in [1.82, 2.24) is 5.06 Å². The van der Waals surface area contributed by atoms with E-state index in [4.69, 9.17) is 4.84 Å². The van der Waals surface area contributed by atoms with Gasteiger partial charge in [0.1, 0.15) is 0 Å². The van der Waals surface area contributed by atoms with Crippen LogP contribution in [0.25, 0.3) is 0 Å². The first-order chi connectivity index (χ1) is 8.31. The normalized spacial score (nSPS) is 11.1. The maximum Gasteiger partial charge on any atom is 0.269 e. The molecule has 6 heteroatoms. The van der Waals surface area contributed by atoms with Crippen LogP contribution in [0.15, 0.2) is 24.3 Å². The van der Waals surface area contributed by atoms with Gasteiger partial charge in [-0.1, -0.05) is 12.1 Å². The van der Waals surface area contributed by atoms with Crippen LogP contribution in [0.2, 0.25) is 0 Å². The molecule has 0 aliphatic heterocycles. The van der Waals surface area contributed by atoms with Crippen LogP contribution in [-0.4, -0.2) is 22.0 Å². The number of nitro groups is 1.